The van der Waals surface area contributed by atoms with Gasteiger partial charge in [-0.15, -0.1) is 0 Å². The number of carbonyl (C=O) groups is 1. The predicted octanol–water partition coefficient (Wildman–Crippen LogP) is 3.07. The van der Waals surface area contributed by atoms with Gasteiger partial charge < -0.3 is 5.32 Å². The molecule has 0 aromatic heterocycles. The van der Waals surface area contributed by atoms with Crippen LogP contribution in [0, 0.1) is 0 Å². The Morgan fingerprint density at radius 1 is 1.07 bits per heavy atom. The molecule has 1 aliphatic rings. The molecule has 5 nitrogen and oxygen atoms in total. The zero-order valence-corrected chi connectivity index (χ0v) is 17.3. The molecule has 3 rings (SSSR count). The van der Waals surface area contributed by atoms with Gasteiger partial charge in [0.2, 0.25) is 15.9 Å². The number of benzene rings is 2. The second-order valence-corrected chi connectivity index (χ2v) is 9.41. The van der Waals surface area contributed by atoms with Gasteiger partial charge in [-0.2, -0.15) is 4.31 Å². The van der Waals surface area contributed by atoms with E-state index >= 15 is 0 Å². The van der Waals surface area contributed by atoms with E-state index in [2.05, 4.69) is 24.4 Å². The first kappa shape index (κ1) is 20.6. The first-order valence-electron chi connectivity index (χ1n) is 9.85. The van der Waals surface area contributed by atoms with Crippen molar-refractivity contribution in [3.63, 3.8) is 0 Å². The summed E-state index contributed by atoms with van der Waals surface area (Å²) in [5.74, 6) is -0.0289. The molecule has 150 valence electrons. The van der Waals surface area contributed by atoms with Crippen LogP contribution in [0.15, 0.2) is 54.6 Å². The molecule has 2 aromatic carbocycles. The normalized spacial score (nSPS) is 18.3. The quantitative estimate of drug-likeness (QED) is 0.777. The topological polar surface area (TPSA) is 66.5 Å². The Morgan fingerprint density at radius 3 is 2.36 bits per heavy atom. The summed E-state index contributed by atoms with van der Waals surface area (Å²) in [4.78, 5) is 13.0. The summed E-state index contributed by atoms with van der Waals surface area (Å²) in [5, 5.41) is 3.01. The van der Waals surface area contributed by atoms with Crippen LogP contribution < -0.4 is 5.32 Å². The number of nitrogens with one attached hydrogen (secondary N) is 1. The highest BCUT2D eigenvalue weighted by Crippen LogP contribution is 2.26. The summed E-state index contributed by atoms with van der Waals surface area (Å²) < 4.78 is 26.7. The number of rotatable bonds is 7. The van der Waals surface area contributed by atoms with Gasteiger partial charge in [-0.1, -0.05) is 61.5 Å². The van der Waals surface area contributed by atoms with Gasteiger partial charge >= 0.3 is 0 Å². The molecule has 6 heteroatoms. The third kappa shape index (κ3) is 4.45. The molecule has 0 fully saturated rings. The number of nitrogens with zero attached hydrogens (tertiary/aromatic N) is 1. The fourth-order valence-electron chi connectivity index (χ4n) is 3.75. The van der Waals surface area contributed by atoms with Gasteiger partial charge in [-0.25, -0.2) is 8.42 Å². The first-order chi connectivity index (χ1) is 13.5. The highest BCUT2D eigenvalue weighted by atomic mass is 32.2. The number of hydrogen-bond acceptors (Lipinski definition) is 3. The van der Waals surface area contributed by atoms with Crippen LogP contribution >= 0.6 is 0 Å². The Bertz CT molecular complexity index is 912. The number of carbonyl (C=O) groups excluding carboxylic acids is 1. The van der Waals surface area contributed by atoms with E-state index in [0.717, 1.165) is 17.5 Å². The molecule has 0 saturated heterocycles. The maximum absolute atomic E-state index is 13.0. The van der Waals surface area contributed by atoms with Gasteiger partial charge in [0, 0.05) is 19.0 Å². The van der Waals surface area contributed by atoms with Crippen LogP contribution in [0.25, 0.3) is 0 Å². The van der Waals surface area contributed by atoms with E-state index < -0.39 is 16.1 Å². The van der Waals surface area contributed by atoms with E-state index in [9.17, 15) is 13.2 Å². The number of fused-ring (bicyclic) bond motifs is 1. The third-order valence-corrected chi connectivity index (χ3v) is 7.34. The molecule has 28 heavy (non-hydrogen) atoms. The Labute approximate surface area is 167 Å². The largest absolute Gasteiger partial charge is 0.354 e. The average Bonchev–Trinajstić information content (AvgIpc) is 2.73. The molecule has 1 N–H and O–H groups in total. The Kier molecular flexibility index (Phi) is 6.52. The van der Waals surface area contributed by atoms with Crippen LogP contribution in [-0.4, -0.2) is 37.0 Å². The standard InChI is InChI=1S/C22H28N2O3S/c1-3-17(18-10-6-5-7-11-18)15-23-22(25)21-14-19-12-8-9-13-20(19)16-24(21)28(26,27)4-2/h5-13,17,21H,3-4,14-16H2,1-2H3,(H,23,25)/t17-,21-/m1/s1. The van der Waals surface area contributed by atoms with E-state index in [0.29, 0.717) is 13.0 Å². The highest BCUT2D eigenvalue weighted by molar-refractivity contribution is 7.89. The van der Waals surface area contributed by atoms with Crippen LogP contribution in [0.1, 0.15) is 42.9 Å². The van der Waals surface area contributed by atoms with Gasteiger partial charge in [-0.3, -0.25) is 4.79 Å². The fourth-order valence-corrected chi connectivity index (χ4v) is 4.97. The van der Waals surface area contributed by atoms with E-state index in [1.807, 2.05) is 42.5 Å². The van der Waals surface area contributed by atoms with Gasteiger partial charge in [0.25, 0.3) is 0 Å². The van der Waals surface area contributed by atoms with Gasteiger partial charge in [0.05, 0.1) is 5.75 Å². The molecule has 0 bridgehead atoms. The Morgan fingerprint density at radius 2 is 1.71 bits per heavy atom. The van der Waals surface area contributed by atoms with Gasteiger partial charge in [0.15, 0.2) is 0 Å². The summed E-state index contributed by atoms with van der Waals surface area (Å²) in [6.07, 6.45) is 1.30. The molecule has 0 spiro atoms. The smallest absolute Gasteiger partial charge is 0.238 e. The SMILES string of the molecule is CC[C@H](CNC(=O)[C@H]1Cc2ccccc2CN1S(=O)(=O)CC)c1ccccc1. The summed E-state index contributed by atoms with van der Waals surface area (Å²) in [6, 6.07) is 17.1. The first-order valence-corrected chi connectivity index (χ1v) is 11.5. The van der Waals surface area contributed by atoms with Crippen LogP contribution in [0.2, 0.25) is 0 Å². The number of amides is 1. The Hall–Kier alpha value is -2.18. The van der Waals surface area contributed by atoms with E-state index in [4.69, 9.17) is 0 Å². The minimum absolute atomic E-state index is 0.0133. The lowest BCUT2D eigenvalue weighted by atomic mass is 9.94. The van der Waals surface area contributed by atoms with Crippen molar-refractivity contribution in [1.82, 2.24) is 9.62 Å². The zero-order chi connectivity index (χ0) is 20.1. The molecule has 0 unspecified atom stereocenters. The van der Waals surface area contributed by atoms with Crippen molar-refractivity contribution >= 4 is 15.9 Å². The lowest BCUT2D eigenvalue weighted by Crippen LogP contribution is -2.53. The van der Waals surface area contributed by atoms with Crippen LogP contribution in [0.4, 0.5) is 0 Å². The lowest BCUT2D eigenvalue weighted by molar-refractivity contribution is -0.125. The maximum atomic E-state index is 13.0. The molecule has 1 heterocycles. The van der Waals surface area contributed by atoms with E-state index in [1.54, 1.807) is 6.92 Å². The van der Waals surface area contributed by atoms with E-state index in [1.165, 1.54) is 9.87 Å². The third-order valence-electron chi connectivity index (χ3n) is 5.52. The second kappa shape index (κ2) is 8.88. The van der Waals surface area contributed by atoms with E-state index in [-0.39, 0.29) is 24.1 Å². The minimum atomic E-state index is -3.48. The Balaban J connectivity index is 1.78. The average molecular weight is 401 g/mol. The van der Waals surface area contributed by atoms with Crippen molar-refractivity contribution in [2.45, 2.75) is 45.2 Å². The maximum Gasteiger partial charge on any atom is 0.238 e. The molecule has 0 aliphatic carbocycles. The fraction of sp³-hybridized carbons (Fsp3) is 0.409. The van der Waals surface area contributed by atoms with Crippen molar-refractivity contribution in [2.24, 2.45) is 0 Å². The summed E-state index contributed by atoms with van der Waals surface area (Å²) in [7, 11) is -3.48. The van der Waals surface area contributed by atoms with Gasteiger partial charge in [-0.05, 0) is 36.5 Å². The summed E-state index contributed by atoms with van der Waals surface area (Å²) in [6.45, 7) is 4.46. The predicted molar refractivity (Wildman–Crippen MR) is 111 cm³/mol. The van der Waals surface area contributed by atoms with Crippen molar-refractivity contribution in [3.05, 3.63) is 71.3 Å². The van der Waals surface area contributed by atoms with Crippen LogP contribution in [0.3, 0.4) is 0 Å². The van der Waals surface area contributed by atoms with Crippen LogP contribution in [-0.2, 0) is 27.8 Å². The molecular formula is C22H28N2O3S. The molecule has 2 aromatic rings. The molecular weight excluding hydrogens is 372 g/mol. The molecule has 2 atom stereocenters. The monoisotopic (exact) mass is 400 g/mol. The second-order valence-electron chi connectivity index (χ2n) is 7.20. The minimum Gasteiger partial charge on any atom is -0.354 e. The summed E-state index contributed by atoms with van der Waals surface area (Å²) in [5.41, 5.74) is 3.19. The van der Waals surface area contributed by atoms with Crippen molar-refractivity contribution in [2.75, 3.05) is 12.3 Å². The van der Waals surface area contributed by atoms with Gasteiger partial charge in [0.1, 0.15) is 6.04 Å². The molecule has 1 aliphatic heterocycles. The molecule has 0 saturated carbocycles. The highest BCUT2D eigenvalue weighted by Gasteiger charge is 2.37. The number of sulfonamides is 1. The van der Waals surface area contributed by atoms with Crippen molar-refractivity contribution in [3.8, 4) is 0 Å². The molecule has 1 amide bonds. The number of hydrogen-bond donors (Lipinski definition) is 1. The van der Waals surface area contributed by atoms with Crippen molar-refractivity contribution in [1.29, 1.82) is 0 Å². The molecule has 0 radical (unpaired) electrons. The van der Waals surface area contributed by atoms with Crippen molar-refractivity contribution < 1.29 is 13.2 Å². The van der Waals surface area contributed by atoms with Crippen LogP contribution in [0.5, 0.6) is 0 Å². The lowest BCUT2D eigenvalue weighted by Gasteiger charge is -2.35. The summed E-state index contributed by atoms with van der Waals surface area (Å²) >= 11 is 0. The zero-order valence-electron chi connectivity index (χ0n) is 16.5.